The van der Waals surface area contributed by atoms with Crippen molar-refractivity contribution in [1.29, 1.82) is 0 Å². The molecule has 0 spiro atoms. The van der Waals surface area contributed by atoms with Gasteiger partial charge in [0.05, 0.1) is 0 Å². The van der Waals surface area contributed by atoms with Gasteiger partial charge in [0.25, 0.3) is 0 Å². The molecule has 0 atom stereocenters. The number of benzene rings is 1. The first-order valence-corrected chi connectivity index (χ1v) is 6.43. The maximum absolute atomic E-state index is 5.61. The monoisotopic (exact) mass is 206 g/mol. The molecule has 14 heavy (non-hydrogen) atoms. The Morgan fingerprint density at radius 2 is 2.00 bits per heavy atom. The number of allylic oxidation sites excluding steroid dienone is 1. The van der Waals surface area contributed by atoms with E-state index in [4.69, 9.17) is 4.43 Å². The fraction of sp³-hybridized carbons (Fsp3) is 0.333. The molecule has 1 rings (SSSR count). The minimum absolute atomic E-state index is 0.414. The van der Waals surface area contributed by atoms with E-state index in [2.05, 4.69) is 43.8 Å². The number of hydrogen-bond donors (Lipinski definition) is 0. The van der Waals surface area contributed by atoms with Gasteiger partial charge in [-0.3, -0.25) is 0 Å². The fourth-order valence-corrected chi connectivity index (χ4v) is 1.91. The highest BCUT2D eigenvalue weighted by atomic mass is 28.2. The van der Waals surface area contributed by atoms with Gasteiger partial charge >= 0.3 is 0 Å². The van der Waals surface area contributed by atoms with Crippen molar-refractivity contribution in [3.63, 3.8) is 0 Å². The van der Waals surface area contributed by atoms with E-state index in [1.807, 2.05) is 6.07 Å². The van der Waals surface area contributed by atoms with Crippen LogP contribution < -0.4 is 0 Å². The Kier molecular flexibility index (Phi) is 5.26. The zero-order valence-corrected chi connectivity index (χ0v) is 10.4. The second-order valence-electron chi connectivity index (χ2n) is 3.59. The van der Waals surface area contributed by atoms with Crippen molar-refractivity contribution in [2.75, 3.05) is 6.61 Å². The maximum atomic E-state index is 5.61. The van der Waals surface area contributed by atoms with E-state index in [1.165, 1.54) is 11.1 Å². The molecule has 0 N–H and O–H groups in total. The Balaban J connectivity index is 2.14. The summed E-state index contributed by atoms with van der Waals surface area (Å²) in [5.74, 6) is 0. The molecule has 76 valence electrons. The van der Waals surface area contributed by atoms with Crippen molar-refractivity contribution >= 4 is 9.76 Å². The van der Waals surface area contributed by atoms with E-state index in [-0.39, 0.29) is 0 Å². The number of hydrogen-bond acceptors (Lipinski definition) is 1. The Labute approximate surface area is 88.7 Å². The average Bonchev–Trinajstić information content (AvgIpc) is 2.18. The van der Waals surface area contributed by atoms with Gasteiger partial charge in [-0.1, -0.05) is 41.6 Å². The first-order valence-electron chi connectivity index (χ1n) is 5.04. The molecule has 0 aliphatic carbocycles. The van der Waals surface area contributed by atoms with E-state index in [9.17, 15) is 0 Å². The summed E-state index contributed by atoms with van der Waals surface area (Å²) in [6.07, 6.45) is 1.03. The SMILES string of the molecule is CC(C)=C[SiH2]OCCc1ccccc1. The largest absolute Gasteiger partial charge is 0.419 e. The summed E-state index contributed by atoms with van der Waals surface area (Å²) in [6.45, 7) is 5.10. The first-order chi connectivity index (χ1) is 6.79. The van der Waals surface area contributed by atoms with Crippen LogP contribution in [0.15, 0.2) is 41.6 Å². The van der Waals surface area contributed by atoms with Gasteiger partial charge < -0.3 is 4.43 Å². The molecule has 0 saturated heterocycles. The first kappa shape index (κ1) is 11.2. The molecule has 0 saturated carbocycles. The van der Waals surface area contributed by atoms with Crippen molar-refractivity contribution in [1.82, 2.24) is 0 Å². The predicted octanol–water partition coefficient (Wildman–Crippen LogP) is 2.25. The molecule has 0 radical (unpaired) electrons. The lowest BCUT2D eigenvalue weighted by Gasteiger charge is -2.01. The van der Waals surface area contributed by atoms with Crippen LogP contribution in [0.5, 0.6) is 0 Å². The standard InChI is InChI=1S/C12H18OSi/c1-11(2)10-14-13-9-8-12-6-4-3-5-7-12/h3-7,10H,8-9,14H2,1-2H3. The van der Waals surface area contributed by atoms with Crippen molar-refractivity contribution in [3.05, 3.63) is 47.2 Å². The van der Waals surface area contributed by atoms with Gasteiger partial charge in [-0.25, -0.2) is 0 Å². The van der Waals surface area contributed by atoms with E-state index in [0.717, 1.165) is 13.0 Å². The van der Waals surface area contributed by atoms with E-state index < -0.39 is 9.76 Å². The molecule has 2 heteroatoms. The molecule has 0 aliphatic heterocycles. The molecule has 1 aromatic rings. The average molecular weight is 206 g/mol. The maximum Gasteiger partial charge on any atom is 0.185 e. The summed E-state index contributed by atoms with van der Waals surface area (Å²) in [5.41, 5.74) is 4.97. The molecule has 0 bridgehead atoms. The van der Waals surface area contributed by atoms with E-state index >= 15 is 0 Å². The van der Waals surface area contributed by atoms with Crippen molar-refractivity contribution in [2.24, 2.45) is 0 Å². The quantitative estimate of drug-likeness (QED) is 0.530. The van der Waals surface area contributed by atoms with Gasteiger partial charge in [0, 0.05) is 6.61 Å². The van der Waals surface area contributed by atoms with Crippen LogP contribution >= 0.6 is 0 Å². The van der Waals surface area contributed by atoms with Crippen molar-refractivity contribution < 1.29 is 4.43 Å². The van der Waals surface area contributed by atoms with Crippen LogP contribution in [0.1, 0.15) is 19.4 Å². The highest BCUT2D eigenvalue weighted by molar-refractivity contribution is 6.34. The smallest absolute Gasteiger partial charge is 0.185 e. The third-order valence-corrected chi connectivity index (χ3v) is 3.49. The van der Waals surface area contributed by atoms with Gasteiger partial charge in [0.1, 0.15) is 0 Å². The lowest BCUT2D eigenvalue weighted by molar-refractivity contribution is 0.346. The molecule has 0 fully saturated rings. The molecular weight excluding hydrogens is 188 g/mol. The van der Waals surface area contributed by atoms with Crippen molar-refractivity contribution in [2.45, 2.75) is 20.3 Å². The topological polar surface area (TPSA) is 9.23 Å². The predicted molar refractivity (Wildman–Crippen MR) is 64.1 cm³/mol. The van der Waals surface area contributed by atoms with Crippen LogP contribution in [0.2, 0.25) is 0 Å². The summed E-state index contributed by atoms with van der Waals surface area (Å²) < 4.78 is 5.61. The summed E-state index contributed by atoms with van der Waals surface area (Å²) in [4.78, 5) is 0. The second kappa shape index (κ2) is 6.57. The molecule has 1 aromatic carbocycles. The molecule has 0 aromatic heterocycles. The highest BCUT2D eigenvalue weighted by Gasteiger charge is 1.90. The van der Waals surface area contributed by atoms with Crippen LogP contribution in [0, 0.1) is 0 Å². The lowest BCUT2D eigenvalue weighted by atomic mass is 10.2. The van der Waals surface area contributed by atoms with Gasteiger partial charge in [-0.2, -0.15) is 0 Å². The van der Waals surface area contributed by atoms with E-state index in [0.29, 0.717) is 0 Å². The molecule has 0 heterocycles. The Hall–Kier alpha value is -0.863. The molecule has 0 unspecified atom stereocenters. The minimum Gasteiger partial charge on any atom is -0.419 e. The van der Waals surface area contributed by atoms with Crippen LogP contribution in [-0.4, -0.2) is 16.4 Å². The van der Waals surface area contributed by atoms with Gasteiger partial charge in [-0.05, 0) is 25.8 Å². The number of rotatable bonds is 5. The summed E-state index contributed by atoms with van der Waals surface area (Å²) >= 11 is 0. The van der Waals surface area contributed by atoms with E-state index in [1.54, 1.807) is 0 Å². The Morgan fingerprint density at radius 1 is 1.29 bits per heavy atom. The zero-order chi connectivity index (χ0) is 10.2. The lowest BCUT2D eigenvalue weighted by Crippen LogP contribution is -2.01. The van der Waals surface area contributed by atoms with Crippen LogP contribution in [0.25, 0.3) is 0 Å². The highest BCUT2D eigenvalue weighted by Crippen LogP contribution is 1.99. The molecule has 0 aliphatic rings. The molecule has 1 nitrogen and oxygen atoms in total. The van der Waals surface area contributed by atoms with Crippen LogP contribution in [0.4, 0.5) is 0 Å². The van der Waals surface area contributed by atoms with Crippen molar-refractivity contribution in [3.8, 4) is 0 Å². The third-order valence-electron chi connectivity index (χ3n) is 1.99. The molecular formula is C12H18OSi. The summed E-state index contributed by atoms with van der Waals surface area (Å²) in [5, 5.41) is 0. The van der Waals surface area contributed by atoms with Gasteiger partial charge in [0.2, 0.25) is 0 Å². The summed E-state index contributed by atoms with van der Waals surface area (Å²) in [6, 6.07) is 10.5. The third kappa shape index (κ3) is 4.99. The van der Waals surface area contributed by atoms with Crippen LogP contribution in [-0.2, 0) is 10.8 Å². The summed E-state index contributed by atoms with van der Waals surface area (Å²) in [7, 11) is -0.414. The second-order valence-corrected chi connectivity index (χ2v) is 4.74. The normalized spacial score (nSPS) is 10.7. The van der Waals surface area contributed by atoms with Crippen LogP contribution in [0.3, 0.4) is 0 Å². The molecule has 0 amide bonds. The van der Waals surface area contributed by atoms with Gasteiger partial charge in [0.15, 0.2) is 9.76 Å². The zero-order valence-electron chi connectivity index (χ0n) is 8.99. The van der Waals surface area contributed by atoms with Gasteiger partial charge in [-0.15, -0.1) is 0 Å². The Morgan fingerprint density at radius 3 is 2.64 bits per heavy atom. The minimum atomic E-state index is -0.414. The fourth-order valence-electron chi connectivity index (χ4n) is 1.14. The Bertz CT molecular complexity index is 276.